The van der Waals surface area contributed by atoms with E-state index in [2.05, 4.69) is 10.1 Å². The van der Waals surface area contributed by atoms with Crippen molar-refractivity contribution in [3.05, 3.63) is 71.5 Å². The molecule has 8 nitrogen and oxygen atoms in total. The smallest absolute Gasteiger partial charge is 0.343 e. The van der Waals surface area contributed by atoms with Crippen molar-refractivity contribution >= 4 is 11.8 Å². The molecule has 8 heteroatoms. The summed E-state index contributed by atoms with van der Waals surface area (Å²) in [6.07, 6.45) is 1.64. The average molecular weight is 463 g/mol. The summed E-state index contributed by atoms with van der Waals surface area (Å²) in [5, 5.41) is 3.39. The van der Waals surface area contributed by atoms with Gasteiger partial charge >= 0.3 is 5.97 Å². The van der Waals surface area contributed by atoms with Crippen LogP contribution in [-0.2, 0) is 15.1 Å². The molecule has 3 aromatic rings. The van der Waals surface area contributed by atoms with Gasteiger partial charge in [-0.1, -0.05) is 12.1 Å². The number of rotatable bonds is 6. The molecular formula is C26H26N2O6. The van der Waals surface area contributed by atoms with E-state index in [0.29, 0.717) is 22.8 Å². The summed E-state index contributed by atoms with van der Waals surface area (Å²) in [6.45, 7) is 1.45. The number of para-hydroxylation sites is 2. The van der Waals surface area contributed by atoms with Crippen LogP contribution in [0.3, 0.4) is 0 Å². The number of piperidine rings is 1. The third-order valence-corrected chi connectivity index (χ3v) is 6.40. The third kappa shape index (κ3) is 3.70. The van der Waals surface area contributed by atoms with Gasteiger partial charge in [0.25, 0.3) is 0 Å². The van der Waals surface area contributed by atoms with E-state index in [-0.39, 0.29) is 12.4 Å². The number of carbonyl (C=O) groups excluding carboxylic acids is 2. The number of hydrogen-bond acceptors (Lipinski definition) is 7. The molecule has 176 valence electrons. The molecule has 0 amide bonds. The lowest BCUT2D eigenvalue weighted by atomic mass is 9.87. The van der Waals surface area contributed by atoms with Gasteiger partial charge in [0, 0.05) is 18.4 Å². The van der Waals surface area contributed by atoms with Gasteiger partial charge < -0.3 is 28.8 Å². The van der Waals surface area contributed by atoms with Crippen LogP contribution >= 0.6 is 0 Å². The summed E-state index contributed by atoms with van der Waals surface area (Å²) in [6, 6.07) is 16.6. The minimum absolute atomic E-state index is 0.148. The molecular weight excluding hydrogens is 436 g/mol. The normalized spacial score (nSPS) is 15.6. The first-order valence-electron chi connectivity index (χ1n) is 11.2. The van der Waals surface area contributed by atoms with Crippen molar-refractivity contribution in [2.45, 2.75) is 18.4 Å². The fraction of sp³-hybridized carbons (Fsp3) is 0.308. The van der Waals surface area contributed by atoms with E-state index in [9.17, 15) is 9.59 Å². The lowest BCUT2D eigenvalue weighted by Gasteiger charge is -2.42. The van der Waals surface area contributed by atoms with Crippen LogP contribution < -0.4 is 19.5 Å². The Morgan fingerprint density at radius 3 is 2.59 bits per heavy atom. The first-order chi connectivity index (χ1) is 16.6. The summed E-state index contributed by atoms with van der Waals surface area (Å²) in [4.78, 5) is 25.1. The van der Waals surface area contributed by atoms with Crippen LogP contribution in [-0.4, -0.2) is 50.2 Å². The molecule has 0 atom stereocenters. The fourth-order valence-corrected chi connectivity index (χ4v) is 4.68. The zero-order valence-corrected chi connectivity index (χ0v) is 19.1. The second kappa shape index (κ2) is 8.87. The molecule has 2 aromatic carbocycles. The average Bonchev–Trinajstić information content (AvgIpc) is 3.34. The molecule has 0 saturated carbocycles. The van der Waals surface area contributed by atoms with Gasteiger partial charge in [-0.3, -0.25) is 4.79 Å². The Morgan fingerprint density at radius 2 is 1.82 bits per heavy atom. The topological polar surface area (TPSA) is 88.0 Å². The number of benzene rings is 2. The molecule has 0 radical (unpaired) electrons. The van der Waals surface area contributed by atoms with Gasteiger partial charge in [0.1, 0.15) is 5.75 Å². The SMILES string of the molecule is COC(=O)COc1ccc(C(=O)c2ccc3n2-c2ccccc2OC32CCNCC2)cc1OC. The van der Waals surface area contributed by atoms with Crippen molar-refractivity contribution in [2.75, 3.05) is 33.9 Å². The predicted molar refractivity (Wildman–Crippen MR) is 124 cm³/mol. The summed E-state index contributed by atoms with van der Waals surface area (Å²) in [5.41, 5.74) is 2.36. The predicted octanol–water partition coefficient (Wildman–Crippen LogP) is 3.24. The Kier molecular flexibility index (Phi) is 5.75. The first-order valence-corrected chi connectivity index (χ1v) is 11.2. The molecule has 0 bridgehead atoms. The number of ether oxygens (including phenoxy) is 4. The van der Waals surface area contributed by atoms with Gasteiger partial charge in [0.05, 0.1) is 31.3 Å². The van der Waals surface area contributed by atoms with Crippen LogP contribution in [0.5, 0.6) is 17.2 Å². The van der Waals surface area contributed by atoms with Gasteiger partial charge in [0.15, 0.2) is 23.7 Å². The number of methoxy groups -OCH3 is 2. The molecule has 1 saturated heterocycles. The van der Waals surface area contributed by atoms with Crippen molar-refractivity contribution in [3.8, 4) is 22.9 Å². The van der Waals surface area contributed by atoms with Crippen molar-refractivity contribution in [1.29, 1.82) is 0 Å². The number of carbonyl (C=O) groups is 2. The van der Waals surface area contributed by atoms with Crippen LogP contribution in [0, 0.1) is 0 Å². The van der Waals surface area contributed by atoms with Crippen LogP contribution in [0.15, 0.2) is 54.6 Å². The lowest BCUT2D eigenvalue weighted by Crippen LogP contribution is -2.47. The van der Waals surface area contributed by atoms with Gasteiger partial charge in [0.2, 0.25) is 5.78 Å². The summed E-state index contributed by atoms with van der Waals surface area (Å²) < 4.78 is 24.1. The third-order valence-electron chi connectivity index (χ3n) is 6.40. The summed E-state index contributed by atoms with van der Waals surface area (Å²) in [7, 11) is 2.78. The van der Waals surface area contributed by atoms with E-state index < -0.39 is 11.6 Å². The van der Waals surface area contributed by atoms with Crippen LogP contribution in [0.2, 0.25) is 0 Å². The lowest BCUT2D eigenvalue weighted by molar-refractivity contribution is -0.142. The molecule has 0 aliphatic carbocycles. The maximum Gasteiger partial charge on any atom is 0.343 e. The van der Waals surface area contributed by atoms with Crippen LogP contribution in [0.25, 0.3) is 5.69 Å². The van der Waals surface area contributed by atoms with Crippen molar-refractivity contribution < 1.29 is 28.5 Å². The Morgan fingerprint density at radius 1 is 1.03 bits per heavy atom. The van der Waals surface area contributed by atoms with Crippen molar-refractivity contribution in [3.63, 3.8) is 0 Å². The number of esters is 1. The number of nitrogens with zero attached hydrogens (tertiary/aromatic N) is 1. The van der Waals surface area contributed by atoms with E-state index in [1.54, 1.807) is 18.2 Å². The van der Waals surface area contributed by atoms with E-state index in [4.69, 9.17) is 14.2 Å². The van der Waals surface area contributed by atoms with Gasteiger partial charge in [-0.2, -0.15) is 0 Å². The molecule has 34 heavy (non-hydrogen) atoms. The highest BCUT2D eigenvalue weighted by atomic mass is 16.6. The highest BCUT2D eigenvalue weighted by molar-refractivity contribution is 6.09. The zero-order valence-electron chi connectivity index (χ0n) is 19.1. The number of fused-ring (bicyclic) bond motifs is 4. The molecule has 1 aromatic heterocycles. The van der Waals surface area contributed by atoms with Crippen molar-refractivity contribution in [2.24, 2.45) is 0 Å². The van der Waals surface area contributed by atoms with Gasteiger partial charge in [-0.15, -0.1) is 0 Å². The number of hydrogen-bond donors (Lipinski definition) is 1. The zero-order chi connectivity index (χ0) is 23.7. The quantitative estimate of drug-likeness (QED) is 0.444. The molecule has 5 rings (SSSR count). The fourth-order valence-electron chi connectivity index (χ4n) is 4.68. The number of ketones is 1. The summed E-state index contributed by atoms with van der Waals surface area (Å²) >= 11 is 0. The Labute approximate surface area is 197 Å². The van der Waals surface area contributed by atoms with E-state index in [1.165, 1.54) is 14.2 Å². The number of nitrogens with one attached hydrogen (secondary N) is 1. The Bertz CT molecular complexity index is 1240. The molecule has 1 N–H and O–H groups in total. The summed E-state index contributed by atoms with van der Waals surface area (Å²) in [5.74, 6) is 0.832. The monoisotopic (exact) mass is 462 g/mol. The van der Waals surface area contributed by atoms with E-state index in [1.807, 2.05) is 41.0 Å². The second-order valence-electron chi connectivity index (χ2n) is 8.31. The standard InChI is InChI=1S/C26H26N2O6/c1-31-22-15-17(7-9-21(22)33-16-24(29)32-2)25(30)19-8-10-23-26(11-13-27-14-12-26)34-20-6-4-3-5-18(20)28(19)23/h3-10,15,27H,11-14,16H2,1-2H3. The van der Waals surface area contributed by atoms with Gasteiger partial charge in [-0.05, 0) is 55.6 Å². The molecule has 1 fully saturated rings. The van der Waals surface area contributed by atoms with Gasteiger partial charge in [-0.25, -0.2) is 4.79 Å². The molecule has 0 unspecified atom stereocenters. The first kappa shape index (κ1) is 22.0. The minimum Gasteiger partial charge on any atom is -0.493 e. The maximum atomic E-state index is 13.7. The van der Waals surface area contributed by atoms with E-state index in [0.717, 1.165) is 43.1 Å². The van der Waals surface area contributed by atoms with Crippen LogP contribution in [0.4, 0.5) is 0 Å². The molecule has 3 heterocycles. The van der Waals surface area contributed by atoms with Crippen LogP contribution in [0.1, 0.15) is 34.6 Å². The number of aromatic nitrogens is 1. The maximum absolute atomic E-state index is 13.7. The highest BCUT2D eigenvalue weighted by Gasteiger charge is 2.43. The molecule has 2 aliphatic rings. The second-order valence-corrected chi connectivity index (χ2v) is 8.31. The van der Waals surface area contributed by atoms with E-state index >= 15 is 0 Å². The Hall–Kier alpha value is -3.78. The largest absolute Gasteiger partial charge is 0.493 e. The molecule has 2 aliphatic heterocycles. The minimum atomic E-state index is -0.505. The Balaban J connectivity index is 1.54. The highest BCUT2D eigenvalue weighted by Crippen LogP contribution is 2.45. The van der Waals surface area contributed by atoms with Crippen molar-refractivity contribution in [1.82, 2.24) is 9.88 Å². The molecule has 1 spiro atoms.